The van der Waals surface area contributed by atoms with Crippen LogP contribution in [-0.4, -0.2) is 12.5 Å². The van der Waals surface area contributed by atoms with Crippen LogP contribution >= 0.6 is 11.6 Å². The Labute approximate surface area is 141 Å². The molecule has 0 saturated heterocycles. The molecule has 0 spiro atoms. The summed E-state index contributed by atoms with van der Waals surface area (Å²) in [5.41, 5.74) is 1.59. The van der Waals surface area contributed by atoms with E-state index in [0.717, 1.165) is 18.4 Å². The standard InChI is InChI=1S/C19H20ClNO2/c1-2-3-14-23-18-7-5-4-6-17(18)21-19(22)13-10-15-8-11-16(20)12-9-15/h4-13H,2-3,14H2,1H3,(H,21,22). The van der Waals surface area contributed by atoms with Gasteiger partial charge in [0, 0.05) is 11.1 Å². The Kier molecular flexibility index (Phi) is 6.70. The van der Waals surface area contributed by atoms with E-state index in [-0.39, 0.29) is 5.91 Å². The number of anilines is 1. The maximum Gasteiger partial charge on any atom is 0.248 e. The maximum atomic E-state index is 12.1. The fraction of sp³-hybridized carbons (Fsp3) is 0.211. The summed E-state index contributed by atoms with van der Waals surface area (Å²) in [5, 5.41) is 3.51. The zero-order valence-electron chi connectivity index (χ0n) is 13.1. The van der Waals surface area contributed by atoms with Gasteiger partial charge < -0.3 is 10.1 Å². The third-order valence-electron chi connectivity index (χ3n) is 3.20. The van der Waals surface area contributed by atoms with E-state index in [4.69, 9.17) is 16.3 Å². The third kappa shape index (κ3) is 5.80. The Morgan fingerprint density at radius 1 is 1.17 bits per heavy atom. The minimum atomic E-state index is -0.202. The fourth-order valence-corrected chi connectivity index (χ4v) is 2.07. The second-order valence-electron chi connectivity index (χ2n) is 5.07. The zero-order chi connectivity index (χ0) is 16.5. The van der Waals surface area contributed by atoms with Crippen molar-refractivity contribution >= 4 is 29.3 Å². The van der Waals surface area contributed by atoms with Crippen molar-refractivity contribution in [1.82, 2.24) is 0 Å². The highest BCUT2D eigenvalue weighted by atomic mass is 35.5. The molecule has 0 fully saturated rings. The highest BCUT2D eigenvalue weighted by Gasteiger charge is 2.05. The summed E-state index contributed by atoms with van der Waals surface area (Å²) in [6, 6.07) is 14.7. The molecule has 2 rings (SSSR count). The van der Waals surface area contributed by atoms with Crippen LogP contribution in [0, 0.1) is 0 Å². The van der Waals surface area contributed by atoms with E-state index in [2.05, 4.69) is 12.2 Å². The van der Waals surface area contributed by atoms with Crippen molar-refractivity contribution in [1.29, 1.82) is 0 Å². The molecule has 0 radical (unpaired) electrons. The normalized spacial score (nSPS) is 10.7. The van der Waals surface area contributed by atoms with Gasteiger partial charge in [-0.05, 0) is 42.3 Å². The molecule has 0 atom stereocenters. The van der Waals surface area contributed by atoms with Crippen LogP contribution in [0.4, 0.5) is 5.69 Å². The van der Waals surface area contributed by atoms with Gasteiger partial charge in [-0.25, -0.2) is 0 Å². The Morgan fingerprint density at radius 2 is 1.91 bits per heavy atom. The topological polar surface area (TPSA) is 38.3 Å². The minimum Gasteiger partial charge on any atom is -0.491 e. The lowest BCUT2D eigenvalue weighted by Crippen LogP contribution is -2.09. The number of rotatable bonds is 7. The molecule has 0 aliphatic heterocycles. The molecule has 2 aromatic carbocycles. The largest absolute Gasteiger partial charge is 0.491 e. The number of amides is 1. The van der Waals surface area contributed by atoms with Gasteiger partial charge in [0.25, 0.3) is 0 Å². The number of benzene rings is 2. The summed E-state index contributed by atoms with van der Waals surface area (Å²) in [6.45, 7) is 2.75. The molecule has 0 aliphatic rings. The number of carbonyl (C=O) groups is 1. The van der Waals surface area contributed by atoms with Crippen LogP contribution in [0.1, 0.15) is 25.3 Å². The molecular formula is C19H20ClNO2. The quantitative estimate of drug-likeness (QED) is 0.562. The first-order valence-corrected chi connectivity index (χ1v) is 8.03. The molecule has 120 valence electrons. The molecule has 0 saturated carbocycles. The van der Waals surface area contributed by atoms with Crippen LogP contribution in [0.15, 0.2) is 54.6 Å². The summed E-state index contributed by atoms with van der Waals surface area (Å²) in [7, 11) is 0. The first-order valence-electron chi connectivity index (χ1n) is 7.65. The van der Waals surface area contributed by atoms with Crippen LogP contribution < -0.4 is 10.1 Å². The Morgan fingerprint density at radius 3 is 2.65 bits per heavy atom. The van der Waals surface area contributed by atoms with E-state index in [0.29, 0.717) is 23.1 Å². The van der Waals surface area contributed by atoms with Crippen LogP contribution in [-0.2, 0) is 4.79 Å². The van der Waals surface area contributed by atoms with Gasteiger partial charge in [0.15, 0.2) is 0 Å². The SMILES string of the molecule is CCCCOc1ccccc1NC(=O)C=Cc1ccc(Cl)cc1. The van der Waals surface area contributed by atoms with Crippen molar-refractivity contribution in [2.24, 2.45) is 0 Å². The highest BCUT2D eigenvalue weighted by Crippen LogP contribution is 2.24. The number of halogens is 1. The molecule has 0 aliphatic carbocycles. The third-order valence-corrected chi connectivity index (χ3v) is 3.45. The number of para-hydroxylation sites is 2. The number of ether oxygens (including phenoxy) is 1. The predicted molar refractivity (Wildman–Crippen MR) is 96.0 cm³/mol. The van der Waals surface area contributed by atoms with Crippen molar-refractivity contribution in [3.63, 3.8) is 0 Å². The van der Waals surface area contributed by atoms with Gasteiger partial charge in [0.1, 0.15) is 5.75 Å². The van der Waals surface area contributed by atoms with Gasteiger partial charge >= 0.3 is 0 Å². The van der Waals surface area contributed by atoms with Crippen molar-refractivity contribution in [2.45, 2.75) is 19.8 Å². The van der Waals surface area contributed by atoms with Crippen molar-refractivity contribution < 1.29 is 9.53 Å². The van der Waals surface area contributed by atoms with Crippen molar-refractivity contribution in [2.75, 3.05) is 11.9 Å². The lowest BCUT2D eigenvalue weighted by Gasteiger charge is -2.11. The summed E-state index contributed by atoms with van der Waals surface area (Å²) >= 11 is 5.83. The average molecular weight is 330 g/mol. The Hall–Kier alpha value is -2.26. The van der Waals surface area contributed by atoms with Gasteiger partial charge in [-0.15, -0.1) is 0 Å². The maximum absolute atomic E-state index is 12.1. The molecular weight excluding hydrogens is 310 g/mol. The molecule has 23 heavy (non-hydrogen) atoms. The lowest BCUT2D eigenvalue weighted by atomic mass is 10.2. The summed E-state index contributed by atoms with van der Waals surface area (Å²) in [5.74, 6) is 0.487. The van der Waals surface area contributed by atoms with Gasteiger partial charge in [-0.3, -0.25) is 4.79 Å². The number of hydrogen-bond donors (Lipinski definition) is 1. The molecule has 3 nitrogen and oxygen atoms in total. The number of unbranched alkanes of at least 4 members (excludes halogenated alkanes) is 1. The van der Waals surface area contributed by atoms with Crippen LogP contribution in [0.25, 0.3) is 6.08 Å². The van der Waals surface area contributed by atoms with Crippen LogP contribution in [0.2, 0.25) is 5.02 Å². The molecule has 1 N–H and O–H groups in total. The van der Waals surface area contributed by atoms with Gasteiger partial charge in [-0.2, -0.15) is 0 Å². The van der Waals surface area contributed by atoms with Crippen LogP contribution in [0.5, 0.6) is 5.75 Å². The summed E-state index contributed by atoms with van der Waals surface area (Å²) in [6.07, 6.45) is 5.29. The second kappa shape index (κ2) is 9.01. The predicted octanol–water partition coefficient (Wildman–Crippen LogP) is 5.17. The fourth-order valence-electron chi connectivity index (χ4n) is 1.94. The molecule has 1 amide bonds. The van der Waals surface area contributed by atoms with Crippen LogP contribution in [0.3, 0.4) is 0 Å². The number of hydrogen-bond acceptors (Lipinski definition) is 2. The van der Waals surface area contributed by atoms with Gasteiger partial charge in [0.05, 0.1) is 12.3 Å². The highest BCUT2D eigenvalue weighted by molar-refractivity contribution is 6.30. The molecule has 4 heteroatoms. The molecule has 0 bridgehead atoms. The Balaban J connectivity index is 1.98. The van der Waals surface area contributed by atoms with E-state index in [9.17, 15) is 4.79 Å². The minimum absolute atomic E-state index is 0.202. The molecule has 0 heterocycles. The number of nitrogens with one attached hydrogen (secondary N) is 1. The number of carbonyl (C=O) groups excluding carboxylic acids is 1. The van der Waals surface area contributed by atoms with Gasteiger partial charge in [-0.1, -0.05) is 49.2 Å². The second-order valence-corrected chi connectivity index (χ2v) is 5.51. The van der Waals surface area contributed by atoms with E-state index >= 15 is 0 Å². The zero-order valence-corrected chi connectivity index (χ0v) is 13.8. The lowest BCUT2D eigenvalue weighted by molar-refractivity contribution is -0.111. The molecule has 2 aromatic rings. The smallest absolute Gasteiger partial charge is 0.248 e. The van der Waals surface area contributed by atoms with E-state index in [1.54, 1.807) is 18.2 Å². The molecule has 0 aromatic heterocycles. The van der Waals surface area contributed by atoms with Crippen molar-refractivity contribution in [3.8, 4) is 5.75 Å². The molecule has 0 unspecified atom stereocenters. The van der Waals surface area contributed by atoms with E-state index < -0.39 is 0 Å². The first-order chi connectivity index (χ1) is 11.2. The first kappa shape index (κ1) is 17.1. The van der Waals surface area contributed by atoms with E-state index in [1.165, 1.54) is 6.08 Å². The Bertz CT molecular complexity index is 665. The summed E-state index contributed by atoms with van der Waals surface area (Å²) in [4.78, 5) is 12.1. The average Bonchev–Trinajstić information content (AvgIpc) is 2.56. The van der Waals surface area contributed by atoms with E-state index in [1.807, 2.05) is 36.4 Å². The monoisotopic (exact) mass is 329 g/mol. The summed E-state index contributed by atoms with van der Waals surface area (Å²) < 4.78 is 5.70. The van der Waals surface area contributed by atoms with Gasteiger partial charge in [0.2, 0.25) is 5.91 Å². The van der Waals surface area contributed by atoms with Crippen molar-refractivity contribution in [3.05, 3.63) is 65.2 Å².